The molecule has 2 heterocycles. The molecule has 0 aliphatic carbocycles. The molecule has 1 aromatic carbocycles. The van der Waals surface area contributed by atoms with Crippen LogP contribution < -0.4 is 10.6 Å². The molecule has 1 aromatic heterocycles. The third-order valence-electron chi connectivity index (χ3n) is 4.46. The number of nitrogens with zero attached hydrogens (tertiary/aromatic N) is 2. The third kappa shape index (κ3) is 5.87. The topological polar surface area (TPSA) is 83.6 Å². The minimum absolute atomic E-state index is 0.0214. The third-order valence-corrected chi connectivity index (χ3v) is 4.46. The van der Waals surface area contributed by atoms with Crippen LogP contribution in [0.15, 0.2) is 30.5 Å². The van der Waals surface area contributed by atoms with Gasteiger partial charge in [-0.15, -0.1) is 0 Å². The smallest absolute Gasteiger partial charge is 0.410 e. The number of halogens is 3. The van der Waals surface area contributed by atoms with Crippen LogP contribution in [0.5, 0.6) is 0 Å². The van der Waals surface area contributed by atoms with Gasteiger partial charge in [-0.3, -0.25) is 4.79 Å². The Balaban J connectivity index is 1.70. The van der Waals surface area contributed by atoms with Crippen molar-refractivity contribution in [3.8, 4) is 0 Å². The molecule has 2 aromatic rings. The molecule has 0 spiro atoms. The Kier molecular flexibility index (Phi) is 6.37. The van der Waals surface area contributed by atoms with Crippen molar-refractivity contribution in [3.63, 3.8) is 0 Å². The largest absolute Gasteiger partial charge is 0.444 e. The first-order chi connectivity index (χ1) is 14.5. The highest BCUT2D eigenvalue weighted by molar-refractivity contribution is 5.99. The quantitative estimate of drug-likeness (QED) is 0.758. The minimum atomic E-state index is -1.08. The number of aromatic nitrogens is 1. The van der Waals surface area contributed by atoms with Crippen molar-refractivity contribution >= 4 is 23.5 Å². The van der Waals surface area contributed by atoms with Gasteiger partial charge in [-0.05, 0) is 45.4 Å². The summed E-state index contributed by atoms with van der Waals surface area (Å²) in [5.74, 6) is -3.47. The van der Waals surface area contributed by atoms with Gasteiger partial charge >= 0.3 is 6.09 Å². The molecule has 1 atom stereocenters. The average molecular weight is 436 g/mol. The van der Waals surface area contributed by atoms with Crippen LogP contribution in [0.4, 0.5) is 29.5 Å². The van der Waals surface area contributed by atoms with Crippen molar-refractivity contribution in [2.24, 2.45) is 0 Å². The maximum Gasteiger partial charge on any atom is 0.410 e. The van der Waals surface area contributed by atoms with Crippen LogP contribution in [0.3, 0.4) is 0 Å². The van der Waals surface area contributed by atoms with Crippen LogP contribution in [-0.4, -0.2) is 46.6 Å². The molecule has 31 heavy (non-hydrogen) atoms. The zero-order valence-corrected chi connectivity index (χ0v) is 17.3. The van der Waals surface area contributed by atoms with E-state index in [1.807, 2.05) is 0 Å². The standard InChI is InChI=1S/C21H23F3N4O3/c1-21(2,3)31-20(30)28-7-6-14(11-28)27-19(29)15-8-12(22)10-25-18(15)26-13-4-5-16(23)17(24)9-13/h4-5,8-10,14H,6-7,11H2,1-3H3,(H,25,26)(H,27,29)/t14-/m0/s1. The van der Waals surface area contributed by atoms with Gasteiger partial charge in [0.2, 0.25) is 0 Å². The molecule has 1 saturated heterocycles. The van der Waals surface area contributed by atoms with Gasteiger partial charge in [0.25, 0.3) is 5.91 Å². The molecule has 3 rings (SSSR count). The summed E-state index contributed by atoms with van der Waals surface area (Å²) in [6.45, 7) is 5.94. The zero-order valence-electron chi connectivity index (χ0n) is 17.3. The molecule has 2 N–H and O–H groups in total. The molecular weight excluding hydrogens is 413 g/mol. The van der Waals surface area contributed by atoms with E-state index in [2.05, 4.69) is 15.6 Å². The second-order valence-corrected chi connectivity index (χ2v) is 8.19. The van der Waals surface area contributed by atoms with Gasteiger partial charge in [0, 0.05) is 30.9 Å². The van der Waals surface area contributed by atoms with Crippen molar-refractivity contribution in [2.45, 2.75) is 38.8 Å². The number of ether oxygens (including phenoxy) is 1. The van der Waals surface area contributed by atoms with Gasteiger partial charge in [-0.1, -0.05) is 0 Å². The fourth-order valence-electron chi connectivity index (χ4n) is 3.06. The van der Waals surface area contributed by atoms with Crippen LogP contribution in [0, 0.1) is 17.5 Å². The summed E-state index contributed by atoms with van der Waals surface area (Å²) in [6.07, 6.45) is 0.927. The maximum absolute atomic E-state index is 13.8. The van der Waals surface area contributed by atoms with Crippen molar-refractivity contribution in [1.29, 1.82) is 0 Å². The minimum Gasteiger partial charge on any atom is -0.444 e. The number of carbonyl (C=O) groups excluding carboxylic acids is 2. The number of likely N-dealkylation sites (tertiary alicyclic amines) is 1. The summed E-state index contributed by atoms with van der Waals surface area (Å²) < 4.78 is 45.7. The maximum atomic E-state index is 13.8. The highest BCUT2D eigenvalue weighted by Crippen LogP contribution is 2.22. The van der Waals surface area contributed by atoms with E-state index in [-0.39, 0.29) is 29.7 Å². The Morgan fingerprint density at radius 2 is 1.90 bits per heavy atom. The second-order valence-electron chi connectivity index (χ2n) is 8.19. The highest BCUT2D eigenvalue weighted by Gasteiger charge is 2.31. The van der Waals surface area contributed by atoms with Crippen molar-refractivity contribution < 1.29 is 27.5 Å². The van der Waals surface area contributed by atoms with Crippen molar-refractivity contribution in [2.75, 3.05) is 18.4 Å². The molecule has 0 radical (unpaired) electrons. The number of nitrogens with one attached hydrogen (secondary N) is 2. The first-order valence-corrected chi connectivity index (χ1v) is 9.68. The Bertz CT molecular complexity index is 994. The number of pyridine rings is 1. The fraction of sp³-hybridized carbons (Fsp3) is 0.381. The van der Waals surface area contributed by atoms with Gasteiger partial charge in [0.05, 0.1) is 11.8 Å². The van der Waals surface area contributed by atoms with Crippen molar-refractivity contribution in [3.05, 3.63) is 53.5 Å². The lowest BCUT2D eigenvalue weighted by Crippen LogP contribution is -2.40. The van der Waals surface area contributed by atoms with Crippen molar-refractivity contribution in [1.82, 2.24) is 15.2 Å². The molecule has 0 saturated carbocycles. The van der Waals surface area contributed by atoms with E-state index < -0.39 is 35.1 Å². The molecular formula is C21H23F3N4O3. The van der Waals surface area contributed by atoms with Gasteiger partial charge in [-0.2, -0.15) is 0 Å². The Morgan fingerprint density at radius 3 is 2.58 bits per heavy atom. The average Bonchev–Trinajstić information content (AvgIpc) is 3.13. The molecule has 10 heteroatoms. The number of carbonyl (C=O) groups is 2. The van der Waals surface area contributed by atoms with E-state index in [0.717, 1.165) is 24.4 Å². The number of rotatable bonds is 4. The van der Waals surface area contributed by atoms with Crippen LogP contribution in [-0.2, 0) is 4.74 Å². The molecule has 0 bridgehead atoms. The number of amides is 2. The lowest BCUT2D eigenvalue weighted by atomic mass is 10.2. The lowest BCUT2D eigenvalue weighted by molar-refractivity contribution is 0.0290. The summed E-state index contributed by atoms with van der Waals surface area (Å²) >= 11 is 0. The predicted molar refractivity (Wildman–Crippen MR) is 108 cm³/mol. The first kappa shape index (κ1) is 22.4. The molecule has 1 aliphatic rings. The number of benzene rings is 1. The summed E-state index contributed by atoms with van der Waals surface area (Å²) in [7, 11) is 0. The Morgan fingerprint density at radius 1 is 1.16 bits per heavy atom. The van der Waals surface area contributed by atoms with E-state index >= 15 is 0 Å². The van der Waals surface area contributed by atoms with Gasteiger partial charge in [-0.25, -0.2) is 22.9 Å². The SMILES string of the molecule is CC(C)(C)OC(=O)N1CC[C@H](NC(=O)c2cc(F)cnc2Nc2ccc(F)c(F)c2)C1. The van der Waals surface area contributed by atoms with E-state index in [1.165, 1.54) is 11.0 Å². The summed E-state index contributed by atoms with van der Waals surface area (Å²) in [4.78, 5) is 30.3. The lowest BCUT2D eigenvalue weighted by Gasteiger charge is -2.24. The van der Waals surface area contributed by atoms with Gasteiger partial charge < -0.3 is 20.3 Å². The van der Waals surface area contributed by atoms with Gasteiger partial charge in [0.1, 0.15) is 17.2 Å². The summed E-state index contributed by atoms with van der Waals surface area (Å²) in [5, 5.41) is 5.44. The first-order valence-electron chi connectivity index (χ1n) is 9.68. The van der Waals surface area contributed by atoms with Gasteiger partial charge in [0.15, 0.2) is 11.6 Å². The molecule has 7 nitrogen and oxygen atoms in total. The molecule has 2 amide bonds. The van der Waals surface area contributed by atoms with E-state index in [9.17, 15) is 22.8 Å². The number of anilines is 2. The highest BCUT2D eigenvalue weighted by atomic mass is 19.2. The second kappa shape index (κ2) is 8.83. The Labute approximate surface area is 177 Å². The van der Waals surface area contributed by atoms with E-state index in [4.69, 9.17) is 4.74 Å². The predicted octanol–water partition coefficient (Wildman–Crippen LogP) is 3.98. The molecule has 166 valence electrons. The van der Waals surface area contributed by atoms with Crippen LogP contribution in [0.1, 0.15) is 37.6 Å². The fourth-order valence-corrected chi connectivity index (χ4v) is 3.06. The van der Waals surface area contributed by atoms with Crippen LogP contribution in [0.2, 0.25) is 0 Å². The monoisotopic (exact) mass is 436 g/mol. The molecule has 1 fully saturated rings. The number of hydrogen-bond acceptors (Lipinski definition) is 5. The summed E-state index contributed by atoms with van der Waals surface area (Å²) in [6, 6.07) is 3.72. The zero-order chi connectivity index (χ0) is 22.8. The molecule has 0 unspecified atom stereocenters. The normalized spacial score (nSPS) is 16.2. The summed E-state index contributed by atoms with van der Waals surface area (Å²) in [5.41, 5.74) is -0.601. The van der Waals surface area contributed by atoms with E-state index in [0.29, 0.717) is 13.0 Å². The van der Waals surface area contributed by atoms with E-state index in [1.54, 1.807) is 20.8 Å². The molecule has 1 aliphatic heterocycles. The van der Waals surface area contributed by atoms with Crippen LogP contribution >= 0.6 is 0 Å². The Hall–Kier alpha value is -3.30. The van der Waals surface area contributed by atoms with Crippen LogP contribution in [0.25, 0.3) is 0 Å². The number of hydrogen-bond donors (Lipinski definition) is 2.